The minimum Gasteiger partial charge on any atom is -0.489 e. The smallest absolute Gasteiger partial charge is 0.123 e. The van der Waals surface area contributed by atoms with E-state index in [2.05, 4.69) is 0 Å². The molecule has 21 heavy (non-hydrogen) atoms. The molecule has 4 N–H and O–H groups in total. The maximum Gasteiger partial charge on any atom is 0.123 e. The third-order valence-corrected chi connectivity index (χ3v) is 3.39. The second-order valence-corrected chi connectivity index (χ2v) is 4.92. The van der Waals surface area contributed by atoms with E-state index in [1.54, 1.807) is 0 Å². The van der Waals surface area contributed by atoms with E-state index in [9.17, 15) is 0 Å². The molecule has 0 fully saturated rings. The molecule has 2 rings (SSSR count). The topological polar surface area (TPSA) is 79.3 Å². The molecule has 0 aliphatic rings. The van der Waals surface area contributed by atoms with Crippen molar-refractivity contribution in [3.8, 4) is 5.75 Å². The van der Waals surface area contributed by atoms with Crippen LogP contribution in [-0.2, 0) is 13.0 Å². The molecule has 0 atom stereocenters. The molecule has 0 saturated carbocycles. The van der Waals surface area contributed by atoms with Gasteiger partial charge >= 0.3 is 0 Å². The Balaban J connectivity index is 2.11. The molecule has 0 spiro atoms. The number of hydrogen-bond donors (Lipinski definition) is 3. The summed E-state index contributed by atoms with van der Waals surface area (Å²) >= 11 is 0. The lowest BCUT2D eigenvalue weighted by Crippen LogP contribution is -2.11. The molecule has 4 heteroatoms. The maximum absolute atomic E-state index is 9.07. The number of nitrogens with one attached hydrogen (secondary N) is 1. The van der Waals surface area contributed by atoms with E-state index in [-0.39, 0.29) is 12.4 Å². The van der Waals surface area contributed by atoms with Gasteiger partial charge in [-0.2, -0.15) is 0 Å². The number of hydrogen-bond acceptors (Lipinski definition) is 3. The number of benzene rings is 2. The maximum atomic E-state index is 9.07. The van der Waals surface area contributed by atoms with Crippen LogP contribution in [0.5, 0.6) is 5.75 Å². The van der Waals surface area contributed by atoms with Crippen molar-refractivity contribution >= 4 is 5.84 Å². The van der Waals surface area contributed by atoms with Gasteiger partial charge in [0.25, 0.3) is 0 Å². The number of nitrogen functional groups attached to an aromatic ring is 1. The summed E-state index contributed by atoms with van der Waals surface area (Å²) in [5.74, 6) is 0.862. The number of aryl methyl sites for hydroxylation is 1. The first-order valence-corrected chi connectivity index (χ1v) is 6.87. The summed E-state index contributed by atoms with van der Waals surface area (Å²) in [6.45, 7) is 2.53. The largest absolute Gasteiger partial charge is 0.489 e. The van der Waals surface area contributed by atoms with Crippen LogP contribution in [0.1, 0.15) is 22.3 Å². The second kappa shape index (κ2) is 6.90. The minimum absolute atomic E-state index is 0.0684. The molecule has 0 saturated heterocycles. The monoisotopic (exact) mass is 284 g/mol. The molecule has 4 nitrogen and oxygen atoms in total. The highest BCUT2D eigenvalue weighted by Crippen LogP contribution is 2.21. The predicted molar refractivity (Wildman–Crippen MR) is 83.8 cm³/mol. The van der Waals surface area contributed by atoms with Crippen molar-refractivity contribution in [2.24, 2.45) is 5.73 Å². The molecule has 2 aromatic rings. The van der Waals surface area contributed by atoms with Gasteiger partial charge in [0.05, 0.1) is 0 Å². The van der Waals surface area contributed by atoms with Crippen molar-refractivity contribution < 1.29 is 9.84 Å². The Kier molecular flexibility index (Phi) is 4.95. The average Bonchev–Trinajstić information content (AvgIpc) is 2.47. The molecular weight excluding hydrogens is 264 g/mol. The first-order chi connectivity index (χ1) is 10.1. The van der Waals surface area contributed by atoms with Crippen LogP contribution >= 0.6 is 0 Å². The van der Waals surface area contributed by atoms with Crippen molar-refractivity contribution in [1.29, 1.82) is 5.41 Å². The fourth-order valence-corrected chi connectivity index (χ4v) is 2.15. The standard InChI is InChI=1S/C17H20N2O2/c1-12-10-14(17(18)19)6-7-15(12)11-21-16-5-3-2-4-13(16)8-9-20/h2-7,10,20H,8-9,11H2,1H3,(H3,18,19). The van der Waals surface area contributed by atoms with Crippen LogP contribution in [-0.4, -0.2) is 17.5 Å². The van der Waals surface area contributed by atoms with Crippen LogP contribution in [0.15, 0.2) is 42.5 Å². The van der Waals surface area contributed by atoms with Gasteiger partial charge in [0.15, 0.2) is 0 Å². The molecule has 0 radical (unpaired) electrons. The molecule has 0 aliphatic heterocycles. The summed E-state index contributed by atoms with van der Waals surface area (Å²) < 4.78 is 5.86. The van der Waals surface area contributed by atoms with Crippen LogP contribution in [0.3, 0.4) is 0 Å². The Morgan fingerprint density at radius 1 is 1.19 bits per heavy atom. The number of rotatable bonds is 6. The second-order valence-electron chi connectivity index (χ2n) is 4.92. The average molecular weight is 284 g/mol. The van der Waals surface area contributed by atoms with Crippen molar-refractivity contribution in [3.05, 3.63) is 64.7 Å². The van der Waals surface area contributed by atoms with Gasteiger partial charge in [0.2, 0.25) is 0 Å². The van der Waals surface area contributed by atoms with Crippen LogP contribution in [0.4, 0.5) is 0 Å². The number of aliphatic hydroxyl groups excluding tert-OH is 1. The van der Waals surface area contributed by atoms with E-state index in [1.165, 1.54) is 0 Å². The van der Waals surface area contributed by atoms with Crippen molar-refractivity contribution in [1.82, 2.24) is 0 Å². The zero-order valence-corrected chi connectivity index (χ0v) is 12.1. The van der Waals surface area contributed by atoms with E-state index in [0.29, 0.717) is 13.0 Å². The molecule has 0 unspecified atom stereocenters. The molecule has 0 amide bonds. The van der Waals surface area contributed by atoms with E-state index in [0.717, 1.165) is 28.0 Å². The zero-order chi connectivity index (χ0) is 15.2. The van der Waals surface area contributed by atoms with Crippen molar-refractivity contribution in [2.45, 2.75) is 20.0 Å². The first kappa shape index (κ1) is 15.1. The van der Waals surface area contributed by atoms with Gasteiger partial charge in [0.1, 0.15) is 18.2 Å². The van der Waals surface area contributed by atoms with Crippen molar-refractivity contribution in [2.75, 3.05) is 6.61 Å². The third kappa shape index (κ3) is 3.83. The highest BCUT2D eigenvalue weighted by molar-refractivity contribution is 5.95. The van der Waals surface area contributed by atoms with E-state index >= 15 is 0 Å². The molecule has 0 aliphatic carbocycles. The van der Waals surface area contributed by atoms with Crippen LogP contribution in [0.25, 0.3) is 0 Å². The lowest BCUT2D eigenvalue weighted by atomic mass is 10.1. The Labute approximate surface area is 124 Å². The molecule has 2 aromatic carbocycles. The normalized spacial score (nSPS) is 10.4. The van der Waals surface area contributed by atoms with Gasteiger partial charge < -0.3 is 15.6 Å². The summed E-state index contributed by atoms with van der Waals surface area (Å²) in [7, 11) is 0. The summed E-state index contributed by atoms with van der Waals surface area (Å²) in [5, 5.41) is 16.5. The lowest BCUT2D eigenvalue weighted by Gasteiger charge is -2.13. The van der Waals surface area contributed by atoms with E-state index in [1.807, 2.05) is 49.4 Å². The number of amidine groups is 1. The Bertz CT molecular complexity index is 638. The van der Waals surface area contributed by atoms with Gasteiger partial charge in [-0.3, -0.25) is 5.41 Å². The quantitative estimate of drug-likeness (QED) is 0.563. The van der Waals surface area contributed by atoms with Crippen LogP contribution < -0.4 is 10.5 Å². The number of nitrogens with two attached hydrogens (primary N) is 1. The number of ether oxygens (including phenoxy) is 1. The predicted octanol–water partition coefficient (Wildman–Crippen LogP) is 2.39. The fourth-order valence-electron chi connectivity index (χ4n) is 2.15. The molecule has 0 bridgehead atoms. The number of para-hydroxylation sites is 1. The zero-order valence-electron chi connectivity index (χ0n) is 12.1. The Morgan fingerprint density at radius 3 is 2.62 bits per heavy atom. The van der Waals surface area contributed by atoms with Crippen molar-refractivity contribution in [3.63, 3.8) is 0 Å². The van der Waals surface area contributed by atoms with Gasteiger partial charge in [-0.25, -0.2) is 0 Å². The van der Waals surface area contributed by atoms with Gasteiger partial charge in [0, 0.05) is 12.2 Å². The molecular formula is C17H20N2O2. The Hall–Kier alpha value is -2.33. The van der Waals surface area contributed by atoms with E-state index in [4.69, 9.17) is 21.0 Å². The minimum atomic E-state index is 0.0684. The summed E-state index contributed by atoms with van der Waals surface area (Å²) in [5.41, 5.74) is 9.30. The van der Waals surface area contributed by atoms with Crippen LogP contribution in [0.2, 0.25) is 0 Å². The lowest BCUT2D eigenvalue weighted by molar-refractivity contribution is 0.283. The van der Waals surface area contributed by atoms with Gasteiger partial charge in [-0.05, 0) is 42.2 Å². The SMILES string of the molecule is Cc1cc(C(=N)N)ccc1COc1ccccc1CCO. The highest BCUT2D eigenvalue weighted by Gasteiger charge is 2.06. The Morgan fingerprint density at radius 2 is 1.95 bits per heavy atom. The van der Waals surface area contributed by atoms with Gasteiger partial charge in [-0.1, -0.05) is 30.3 Å². The summed E-state index contributed by atoms with van der Waals surface area (Å²) in [6, 6.07) is 13.4. The highest BCUT2D eigenvalue weighted by atomic mass is 16.5. The van der Waals surface area contributed by atoms with Crippen LogP contribution in [0, 0.1) is 12.3 Å². The molecule has 0 heterocycles. The fraction of sp³-hybridized carbons (Fsp3) is 0.235. The first-order valence-electron chi connectivity index (χ1n) is 6.87. The number of aliphatic hydroxyl groups is 1. The summed E-state index contributed by atoms with van der Waals surface area (Å²) in [6.07, 6.45) is 0.582. The molecule has 0 aromatic heterocycles. The molecule has 110 valence electrons. The summed E-state index contributed by atoms with van der Waals surface area (Å²) in [4.78, 5) is 0. The third-order valence-electron chi connectivity index (χ3n) is 3.39. The van der Waals surface area contributed by atoms with E-state index < -0.39 is 0 Å². The van der Waals surface area contributed by atoms with Gasteiger partial charge in [-0.15, -0.1) is 0 Å².